The van der Waals surface area contributed by atoms with Crippen LogP contribution in [0.25, 0.3) is 38.6 Å². The molecule has 2 heterocycles. The fourth-order valence-electron chi connectivity index (χ4n) is 3.75. The molecule has 3 nitrogen and oxygen atoms in total. The summed E-state index contributed by atoms with van der Waals surface area (Å²) in [6.45, 7) is 1.70. The van der Waals surface area contributed by atoms with E-state index in [9.17, 15) is 9.18 Å². The highest BCUT2D eigenvalue weighted by molar-refractivity contribution is 6.05. The predicted octanol–water partition coefficient (Wildman–Crippen LogP) is 5.65. The third kappa shape index (κ3) is 2.90. The summed E-state index contributed by atoms with van der Waals surface area (Å²) >= 11 is 0. The number of aryl methyl sites for hydroxylation is 1. The van der Waals surface area contributed by atoms with E-state index >= 15 is 0 Å². The number of hydrogen-bond acceptors (Lipinski definition) is 2. The topological polar surface area (TPSA) is 34.9 Å². The van der Waals surface area contributed by atoms with Crippen LogP contribution in [0.2, 0.25) is 0 Å². The molecule has 5 aromatic rings. The third-order valence-electron chi connectivity index (χ3n) is 5.22. The first-order chi connectivity index (χ1) is 14.1. The summed E-state index contributed by atoms with van der Waals surface area (Å²) < 4.78 is 15.5. The van der Waals surface area contributed by atoms with Crippen molar-refractivity contribution in [2.24, 2.45) is 0 Å². The molecule has 0 aliphatic rings. The molecule has 0 aliphatic heterocycles. The van der Waals surface area contributed by atoms with Crippen LogP contribution >= 0.6 is 0 Å². The average Bonchev–Trinajstić information content (AvgIpc) is 2.76. The number of aromatic nitrogens is 2. The molecule has 0 saturated carbocycles. The first kappa shape index (κ1) is 17.3. The molecular weight excluding hydrogens is 363 g/mol. The molecule has 5 rings (SSSR count). The van der Waals surface area contributed by atoms with Crippen LogP contribution in [0.1, 0.15) is 5.56 Å². The lowest BCUT2D eigenvalue weighted by Gasteiger charge is -2.14. The number of hydrogen-bond donors (Lipinski definition) is 0. The van der Waals surface area contributed by atoms with Crippen molar-refractivity contribution in [2.75, 3.05) is 0 Å². The minimum absolute atomic E-state index is 0.166. The van der Waals surface area contributed by atoms with E-state index in [0.29, 0.717) is 11.3 Å². The van der Waals surface area contributed by atoms with Gasteiger partial charge in [0.05, 0.1) is 11.0 Å². The van der Waals surface area contributed by atoms with Gasteiger partial charge in [-0.3, -0.25) is 14.3 Å². The molecule has 0 amide bonds. The van der Waals surface area contributed by atoms with Crippen LogP contribution in [-0.4, -0.2) is 9.55 Å². The van der Waals surface area contributed by atoms with Gasteiger partial charge < -0.3 is 0 Å². The molecule has 0 saturated heterocycles. The van der Waals surface area contributed by atoms with E-state index in [2.05, 4.69) is 23.2 Å². The second kappa shape index (κ2) is 6.67. The van der Waals surface area contributed by atoms with Crippen LogP contribution in [0, 0.1) is 12.7 Å². The monoisotopic (exact) mass is 380 g/mol. The predicted molar refractivity (Wildman–Crippen MR) is 115 cm³/mol. The summed E-state index contributed by atoms with van der Waals surface area (Å²) in [6, 6.07) is 24.2. The number of nitrogens with zero attached hydrogens (tertiary/aromatic N) is 2. The molecule has 2 aromatic heterocycles. The van der Waals surface area contributed by atoms with E-state index in [0.717, 1.165) is 32.9 Å². The van der Waals surface area contributed by atoms with Crippen molar-refractivity contribution in [3.05, 3.63) is 107 Å². The highest BCUT2D eigenvalue weighted by Gasteiger charge is 2.12. The van der Waals surface area contributed by atoms with Crippen LogP contribution < -0.4 is 5.56 Å². The summed E-state index contributed by atoms with van der Waals surface area (Å²) in [6.07, 6.45) is 1.77. The maximum absolute atomic E-state index is 13.8. The molecule has 0 unspecified atom stereocenters. The minimum atomic E-state index is -0.292. The molecule has 0 fully saturated rings. The van der Waals surface area contributed by atoms with Gasteiger partial charge in [-0.25, -0.2) is 4.39 Å². The van der Waals surface area contributed by atoms with Gasteiger partial charge in [-0.1, -0.05) is 36.4 Å². The lowest BCUT2D eigenvalue weighted by atomic mass is 10.0. The molecule has 4 heteroatoms. The van der Waals surface area contributed by atoms with E-state index in [1.807, 2.05) is 30.3 Å². The maximum Gasteiger partial charge on any atom is 0.255 e. The SMILES string of the molecule is Cc1cc(-n2c(=O)ccc3cnc4ccc(-c5ccccc5)cc4c32)ccc1F. The van der Waals surface area contributed by atoms with Gasteiger partial charge in [0.15, 0.2) is 0 Å². The standard InChI is InChI=1S/C25H17FN2O/c1-16-13-20(9-10-22(16)26)28-24(29)12-8-19-15-27-23-11-7-18(14-21(23)25(19)28)17-5-3-2-4-6-17/h2-15H,1H3. The van der Waals surface area contributed by atoms with Crippen LogP contribution in [0.15, 0.2) is 89.9 Å². The first-order valence-corrected chi connectivity index (χ1v) is 9.38. The average molecular weight is 380 g/mol. The molecule has 0 aliphatic carbocycles. The van der Waals surface area contributed by atoms with Gasteiger partial charge in [-0.15, -0.1) is 0 Å². The molecular formula is C25H17FN2O. The first-order valence-electron chi connectivity index (χ1n) is 9.38. The van der Waals surface area contributed by atoms with Gasteiger partial charge in [0.1, 0.15) is 5.82 Å². The Morgan fingerprint density at radius 1 is 0.862 bits per heavy atom. The Morgan fingerprint density at radius 3 is 2.48 bits per heavy atom. The highest BCUT2D eigenvalue weighted by Crippen LogP contribution is 2.29. The second-order valence-electron chi connectivity index (χ2n) is 7.10. The van der Waals surface area contributed by atoms with Gasteiger partial charge in [0.25, 0.3) is 5.56 Å². The molecule has 3 aromatic carbocycles. The van der Waals surface area contributed by atoms with Crippen LogP contribution in [0.5, 0.6) is 0 Å². The Labute approximate surface area is 166 Å². The number of benzene rings is 3. The smallest absolute Gasteiger partial charge is 0.255 e. The van der Waals surface area contributed by atoms with Gasteiger partial charge >= 0.3 is 0 Å². The third-order valence-corrected chi connectivity index (χ3v) is 5.22. The number of pyridine rings is 2. The molecule has 0 spiro atoms. The Kier molecular flexibility index (Phi) is 3.98. The number of fused-ring (bicyclic) bond motifs is 3. The van der Waals surface area contributed by atoms with Gasteiger partial charge in [0, 0.05) is 28.7 Å². The fourth-order valence-corrected chi connectivity index (χ4v) is 3.75. The maximum atomic E-state index is 13.8. The summed E-state index contributed by atoms with van der Waals surface area (Å²) in [5.74, 6) is -0.292. The van der Waals surface area contributed by atoms with Gasteiger partial charge in [0.2, 0.25) is 0 Å². The largest absolute Gasteiger partial charge is 0.276 e. The van der Waals surface area contributed by atoms with Crippen molar-refractivity contribution in [2.45, 2.75) is 6.92 Å². The van der Waals surface area contributed by atoms with Crippen molar-refractivity contribution >= 4 is 21.8 Å². The summed E-state index contributed by atoms with van der Waals surface area (Å²) in [5, 5.41) is 1.73. The van der Waals surface area contributed by atoms with Gasteiger partial charge in [-0.2, -0.15) is 0 Å². The Morgan fingerprint density at radius 2 is 1.69 bits per heavy atom. The van der Waals surface area contributed by atoms with E-state index in [1.54, 1.807) is 35.9 Å². The van der Waals surface area contributed by atoms with E-state index in [1.165, 1.54) is 12.1 Å². The fraction of sp³-hybridized carbons (Fsp3) is 0.0400. The van der Waals surface area contributed by atoms with E-state index < -0.39 is 0 Å². The number of rotatable bonds is 2. The Bertz CT molecular complexity index is 1440. The molecule has 0 radical (unpaired) electrons. The summed E-state index contributed by atoms with van der Waals surface area (Å²) in [7, 11) is 0. The second-order valence-corrected chi connectivity index (χ2v) is 7.10. The zero-order valence-electron chi connectivity index (χ0n) is 15.8. The van der Waals surface area contributed by atoms with Gasteiger partial charge in [-0.05, 0) is 60.0 Å². The van der Waals surface area contributed by atoms with Crippen LogP contribution in [0.4, 0.5) is 4.39 Å². The molecule has 29 heavy (non-hydrogen) atoms. The lowest BCUT2D eigenvalue weighted by Crippen LogP contribution is -2.18. The molecule has 0 bridgehead atoms. The molecule has 140 valence electrons. The van der Waals surface area contributed by atoms with Crippen molar-refractivity contribution in [1.82, 2.24) is 9.55 Å². The normalized spacial score (nSPS) is 11.2. The quantitative estimate of drug-likeness (QED) is 0.371. The van der Waals surface area contributed by atoms with Crippen molar-refractivity contribution in [3.8, 4) is 16.8 Å². The zero-order valence-corrected chi connectivity index (χ0v) is 15.8. The van der Waals surface area contributed by atoms with Crippen LogP contribution in [0.3, 0.4) is 0 Å². The van der Waals surface area contributed by atoms with Crippen molar-refractivity contribution in [1.29, 1.82) is 0 Å². The van der Waals surface area contributed by atoms with Crippen molar-refractivity contribution < 1.29 is 4.39 Å². The van der Waals surface area contributed by atoms with Crippen LogP contribution in [-0.2, 0) is 0 Å². The lowest BCUT2D eigenvalue weighted by molar-refractivity contribution is 0.618. The zero-order chi connectivity index (χ0) is 20.0. The van der Waals surface area contributed by atoms with Crippen molar-refractivity contribution in [3.63, 3.8) is 0 Å². The molecule has 0 atom stereocenters. The van der Waals surface area contributed by atoms with E-state index in [4.69, 9.17) is 0 Å². The number of halogens is 1. The summed E-state index contributed by atoms with van der Waals surface area (Å²) in [5.41, 5.74) is 4.68. The Hall–Kier alpha value is -3.79. The minimum Gasteiger partial charge on any atom is -0.276 e. The summed E-state index contributed by atoms with van der Waals surface area (Å²) in [4.78, 5) is 17.4. The highest BCUT2D eigenvalue weighted by atomic mass is 19.1. The van der Waals surface area contributed by atoms with E-state index in [-0.39, 0.29) is 11.4 Å². The Balaban J connectivity index is 1.89. The molecule has 0 N–H and O–H groups in total.